The molecule has 6 rings (SSSR count). The summed E-state index contributed by atoms with van der Waals surface area (Å²) >= 11 is 0. The summed E-state index contributed by atoms with van der Waals surface area (Å²) in [6.07, 6.45) is 7.72. The fourth-order valence-corrected chi connectivity index (χ4v) is 6.92. The highest BCUT2D eigenvalue weighted by Crippen LogP contribution is 2.32. The van der Waals surface area contributed by atoms with Gasteiger partial charge in [0.2, 0.25) is 21.9 Å². The van der Waals surface area contributed by atoms with Crippen LogP contribution in [0.5, 0.6) is 0 Å². The van der Waals surface area contributed by atoms with E-state index in [0.717, 1.165) is 55.3 Å². The van der Waals surface area contributed by atoms with Gasteiger partial charge >= 0.3 is 0 Å². The van der Waals surface area contributed by atoms with Gasteiger partial charge in [-0.1, -0.05) is 24.3 Å². The maximum Gasteiger partial charge on any atom is 0.260 e. The van der Waals surface area contributed by atoms with Crippen molar-refractivity contribution in [2.45, 2.75) is 57.5 Å². The number of piperidine rings is 2. The Labute approximate surface area is 234 Å². The number of amides is 1. The molecule has 11 heteroatoms. The summed E-state index contributed by atoms with van der Waals surface area (Å²) < 4.78 is 27.5. The predicted octanol–water partition coefficient (Wildman–Crippen LogP) is 3.18. The van der Waals surface area contributed by atoms with Crippen molar-refractivity contribution in [1.82, 2.24) is 23.7 Å². The molecule has 3 fully saturated rings. The number of carbonyl (C=O) groups is 1. The molecule has 0 bridgehead atoms. The second-order valence-electron chi connectivity index (χ2n) is 11.4. The highest BCUT2D eigenvalue weighted by atomic mass is 32.2. The third-order valence-electron chi connectivity index (χ3n) is 8.53. The quantitative estimate of drug-likeness (QED) is 0.489. The van der Waals surface area contributed by atoms with Gasteiger partial charge in [0.25, 0.3) is 5.56 Å². The predicted molar refractivity (Wildman–Crippen MR) is 155 cm³/mol. The summed E-state index contributed by atoms with van der Waals surface area (Å²) in [5, 5.41) is 4.21. The van der Waals surface area contributed by atoms with E-state index in [9.17, 15) is 18.0 Å². The average molecular weight is 565 g/mol. The lowest BCUT2D eigenvalue weighted by molar-refractivity contribution is -0.133. The van der Waals surface area contributed by atoms with E-state index in [4.69, 9.17) is 4.98 Å². The molecular formula is C29H36N6O4S. The van der Waals surface area contributed by atoms with Crippen LogP contribution in [-0.2, 0) is 14.8 Å². The highest BCUT2D eigenvalue weighted by Gasteiger charge is 2.35. The maximum absolute atomic E-state index is 14.1. The van der Waals surface area contributed by atoms with Gasteiger partial charge in [-0.3, -0.25) is 14.2 Å². The molecule has 0 radical (unpaired) electrons. The first-order valence-electron chi connectivity index (χ1n) is 14.2. The molecule has 2 aromatic heterocycles. The lowest BCUT2D eigenvalue weighted by Crippen LogP contribution is -2.43. The zero-order chi connectivity index (χ0) is 28.0. The van der Waals surface area contributed by atoms with Crippen LogP contribution in [0.1, 0.15) is 50.1 Å². The van der Waals surface area contributed by atoms with E-state index < -0.39 is 10.0 Å². The van der Waals surface area contributed by atoms with E-state index in [1.54, 1.807) is 10.8 Å². The normalized spacial score (nSPS) is 19.7. The second-order valence-corrected chi connectivity index (χ2v) is 13.4. The van der Waals surface area contributed by atoms with Crippen molar-refractivity contribution in [3.8, 4) is 11.1 Å². The molecule has 0 spiro atoms. The second kappa shape index (κ2) is 10.6. The molecule has 3 aromatic rings. The number of rotatable bonds is 6. The van der Waals surface area contributed by atoms with Gasteiger partial charge in [-0.15, -0.1) is 0 Å². The summed E-state index contributed by atoms with van der Waals surface area (Å²) in [5.41, 5.74) is 2.89. The van der Waals surface area contributed by atoms with Crippen molar-refractivity contribution in [1.29, 1.82) is 0 Å². The maximum atomic E-state index is 14.1. The molecule has 212 valence electrons. The van der Waals surface area contributed by atoms with Crippen LogP contribution < -0.4 is 10.9 Å². The zero-order valence-corrected chi connectivity index (χ0v) is 23.9. The van der Waals surface area contributed by atoms with Gasteiger partial charge in [-0.2, -0.15) is 4.98 Å². The Bertz CT molecular complexity index is 1600. The van der Waals surface area contributed by atoms with Crippen molar-refractivity contribution >= 4 is 32.9 Å². The Morgan fingerprint density at radius 1 is 0.975 bits per heavy atom. The first-order valence-corrected chi connectivity index (χ1v) is 16.0. The molecule has 10 nitrogen and oxygen atoms in total. The molecule has 4 heterocycles. The summed E-state index contributed by atoms with van der Waals surface area (Å²) in [4.78, 5) is 38.0. The number of nitrogens with zero attached hydrogens (tertiary/aromatic N) is 5. The summed E-state index contributed by atoms with van der Waals surface area (Å²) in [6.45, 7) is 4.16. The van der Waals surface area contributed by atoms with Crippen molar-refractivity contribution in [3.63, 3.8) is 0 Å². The number of anilines is 1. The van der Waals surface area contributed by atoms with Crippen LogP contribution in [0.3, 0.4) is 0 Å². The molecule has 0 atom stereocenters. The fourth-order valence-electron chi connectivity index (χ4n) is 6.04. The van der Waals surface area contributed by atoms with E-state index in [-0.39, 0.29) is 29.5 Å². The smallest absolute Gasteiger partial charge is 0.260 e. The van der Waals surface area contributed by atoms with Crippen molar-refractivity contribution in [3.05, 3.63) is 52.4 Å². The number of aromatic nitrogens is 3. The van der Waals surface area contributed by atoms with Crippen molar-refractivity contribution in [2.75, 3.05) is 37.8 Å². The molecule has 3 aliphatic rings. The number of sulfonamides is 1. The molecule has 1 amide bonds. The van der Waals surface area contributed by atoms with Gasteiger partial charge in [0.05, 0.1) is 6.26 Å². The Morgan fingerprint density at radius 3 is 2.33 bits per heavy atom. The van der Waals surface area contributed by atoms with Crippen LogP contribution in [0.25, 0.3) is 22.2 Å². The number of likely N-dealkylation sites (tertiary alicyclic amines) is 1. The Kier molecular flexibility index (Phi) is 7.12. The van der Waals surface area contributed by atoms with Crippen LogP contribution in [-0.4, -0.2) is 76.5 Å². The number of pyridine rings is 1. The molecule has 1 N–H and O–H groups in total. The topological polar surface area (TPSA) is 118 Å². The van der Waals surface area contributed by atoms with Crippen LogP contribution in [0, 0.1) is 12.8 Å². The Balaban J connectivity index is 1.32. The molecular weight excluding hydrogens is 528 g/mol. The van der Waals surface area contributed by atoms with Crippen molar-refractivity contribution in [2.24, 2.45) is 5.92 Å². The SMILES string of the molecule is Cc1ccccc1-c1cc2cnc(NC3CCN(C(=O)C4CC4)CC3)nc2n(C2CCN(S(C)(=O)=O)CC2)c1=O. The molecule has 2 saturated heterocycles. The van der Waals surface area contributed by atoms with E-state index in [1.165, 1.54) is 10.6 Å². The number of hydrogen-bond acceptors (Lipinski definition) is 7. The molecule has 1 aromatic carbocycles. The molecule has 0 unspecified atom stereocenters. The fraction of sp³-hybridized carbons (Fsp3) is 0.517. The van der Waals surface area contributed by atoms with Gasteiger partial charge < -0.3 is 10.2 Å². The largest absolute Gasteiger partial charge is 0.351 e. The molecule has 2 aliphatic heterocycles. The minimum atomic E-state index is -3.29. The van der Waals surface area contributed by atoms with Gasteiger partial charge in [-0.25, -0.2) is 17.7 Å². The van der Waals surface area contributed by atoms with Crippen LogP contribution in [0.4, 0.5) is 5.95 Å². The number of benzene rings is 1. The minimum Gasteiger partial charge on any atom is -0.351 e. The first kappa shape index (κ1) is 26.9. The van der Waals surface area contributed by atoms with E-state index >= 15 is 0 Å². The van der Waals surface area contributed by atoms with Gasteiger partial charge in [-0.05, 0) is 62.6 Å². The third-order valence-corrected chi connectivity index (χ3v) is 9.84. The standard InChI is InChI=1S/C29H36N6O4S/c1-19-5-3-4-6-24(19)25-17-21-18-30-29(31-22-9-13-33(14-10-22)27(36)20-7-8-20)32-26(21)35(28(25)37)23-11-15-34(16-12-23)40(2,38)39/h3-6,17-18,20,22-23H,7-16H2,1-2H3,(H,30,31,32). The Morgan fingerprint density at radius 2 is 1.68 bits per heavy atom. The number of carbonyl (C=O) groups excluding carboxylic acids is 1. The van der Waals surface area contributed by atoms with Crippen LogP contribution in [0.15, 0.2) is 41.3 Å². The average Bonchev–Trinajstić information content (AvgIpc) is 3.79. The van der Waals surface area contributed by atoms with E-state index in [0.29, 0.717) is 43.1 Å². The monoisotopic (exact) mass is 564 g/mol. The lowest BCUT2D eigenvalue weighted by atomic mass is 9.99. The summed E-state index contributed by atoms with van der Waals surface area (Å²) in [6, 6.07) is 9.64. The minimum absolute atomic E-state index is 0.129. The van der Waals surface area contributed by atoms with Crippen molar-refractivity contribution < 1.29 is 13.2 Å². The number of fused-ring (bicyclic) bond motifs is 1. The zero-order valence-electron chi connectivity index (χ0n) is 23.0. The van der Waals surface area contributed by atoms with E-state index in [1.807, 2.05) is 42.2 Å². The van der Waals surface area contributed by atoms with Crippen LogP contribution in [0.2, 0.25) is 0 Å². The number of hydrogen-bond donors (Lipinski definition) is 1. The summed E-state index contributed by atoms with van der Waals surface area (Å²) in [7, 11) is -3.29. The van der Waals surface area contributed by atoms with Gasteiger partial charge in [0.15, 0.2) is 0 Å². The van der Waals surface area contributed by atoms with Gasteiger partial charge in [0, 0.05) is 61.3 Å². The third kappa shape index (κ3) is 5.36. The first-order chi connectivity index (χ1) is 19.2. The highest BCUT2D eigenvalue weighted by molar-refractivity contribution is 7.88. The van der Waals surface area contributed by atoms with E-state index in [2.05, 4.69) is 10.3 Å². The van der Waals surface area contributed by atoms with Gasteiger partial charge in [0.1, 0.15) is 5.65 Å². The van der Waals surface area contributed by atoms with Crippen LogP contribution >= 0.6 is 0 Å². The molecule has 1 aliphatic carbocycles. The molecule has 1 saturated carbocycles. The Hall–Kier alpha value is -3.31. The lowest BCUT2D eigenvalue weighted by Gasteiger charge is -2.33. The number of aryl methyl sites for hydroxylation is 1. The summed E-state index contributed by atoms with van der Waals surface area (Å²) in [5.74, 6) is 0.986. The number of nitrogens with one attached hydrogen (secondary N) is 1. The molecule has 40 heavy (non-hydrogen) atoms.